The first-order valence-corrected chi connectivity index (χ1v) is 6.89. The summed E-state index contributed by atoms with van der Waals surface area (Å²) in [4.78, 5) is 16.0. The van der Waals surface area contributed by atoms with Crippen LogP contribution in [-0.2, 0) is 11.3 Å². The molecule has 7 heteroatoms. The molecule has 1 atom stereocenters. The molecule has 0 saturated heterocycles. The summed E-state index contributed by atoms with van der Waals surface area (Å²) in [5.41, 5.74) is 0.692. The van der Waals surface area contributed by atoms with Gasteiger partial charge in [-0.1, -0.05) is 0 Å². The number of nitrogens with one attached hydrogen (secondary N) is 1. The van der Waals surface area contributed by atoms with Crippen LogP contribution in [0, 0.1) is 0 Å². The molecule has 0 bridgehead atoms. The van der Waals surface area contributed by atoms with Crippen LogP contribution in [0.1, 0.15) is 13.3 Å². The van der Waals surface area contributed by atoms with E-state index < -0.39 is 5.76 Å². The molecule has 0 aliphatic carbocycles. The highest BCUT2D eigenvalue weighted by molar-refractivity contribution is 5.67. The first-order valence-electron chi connectivity index (χ1n) is 6.89. The molecule has 0 radical (unpaired) electrons. The van der Waals surface area contributed by atoms with Crippen molar-refractivity contribution in [1.29, 1.82) is 0 Å². The van der Waals surface area contributed by atoms with Gasteiger partial charge >= 0.3 is 5.76 Å². The summed E-state index contributed by atoms with van der Waals surface area (Å²) in [6, 6.07) is 3.44. The quantitative estimate of drug-likeness (QED) is 0.731. The number of pyridine rings is 1. The highest BCUT2D eigenvalue weighted by atomic mass is 16.5. The van der Waals surface area contributed by atoms with E-state index >= 15 is 0 Å². The van der Waals surface area contributed by atoms with E-state index in [1.165, 1.54) is 4.57 Å². The Morgan fingerprint density at radius 3 is 3.10 bits per heavy atom. The molecule has 0 amide bonds. The minimum Gasteiger partial charge on any atom is -0.406 e. The minimum atomic E-state index is -0.416. The van der Waals surface area contributed by atoms with Crippen LogP contribution in [0.25, 0.3) is 11.2 Å². The fourth-order valence-corrected chi connectivity index (χ4v) is 2.34. The number of ether oxygens (including phenoxy) is 1. The van der Waals surface area contributed by atoms with Crippen LogP contribution >= 0.6 is 0 Å². The van der Waals surface area contributed by atoms with Crippen LogP contribution in [0.2, 0.25) is 0 Å². The maximum Gasteiger partial charge on any atom is 0.421 e. The molecule has 2 aromatic heterocycles. The zero-order chi connectivity index (χ0) is 15.3. The fourth-order valence-electron chi connectivity index (χ4n) is 2.34. The Bertz CT molecular complexity index is 628. The number of aliphatic hydroxyl groups excluding tert-OH is 1. The monoisotopic (exact) mass is 295 g/mol. The van der Waals surface area contributed by atoms with E-state index in [1.54, 1.807) is 25.4 Å². The standard InChI is InChI=1S/C14H21N3O4/c1-14(5-9-18,10-20-2)16-7-8-17-12-11(21-13(17)19)4-3-6-15-12/h3-4,6,16,18H,5,7-10H2,1-2H3. The zero-order valence-electron chi connectivity index (χ0n) is 12.3. The van der Waals surface area contributed by atoms with Crippen LogP contribution in [0.3, 0.4) is 0 Å². The second-order valence-electron chi connectivity index (χ2n) is 5.24. The Kier molecular flexibility index (Phi) is 5.11. The lowest BCUT2D eigenvalue weighted by atomic mass is 9.99. The van der Waals surface area contributed by atoms with Gasteiger partial charge in [0.1, 0.15) is 0 Å². The number of rotatable bonds is 8. The van der Waals surface area contributed by atoms with E-state index in [0.717, 1.165) is 0 Å². The van der Waals surface area contributed by atoms with Crippen LogP contribution in [0.4, 0.5) is 0 Å². The smallest absolute Gasteiger partial charge is 0.406 e. The van der Waals surface area contributed by atoms with Gasteiger partial charge in [-0.3, -0.25) is 4.57 Å². The number of aliphatic hydroxyl groups is 1. The summed E-state index contributed by atoms with van der Waals surface area (Å²) < 4.78 is 11.8. The lowest BCUT2D eigenvalue weighted by molar-refractivity contribution is 0.0975. The van der Waals surface area contributed by atoms with Gasteiger partial charge < -0.3 is 19.6 Å². The molecule has 0 saturated carbocycles. The Labute approximate surface area is 122 Å². The molecule has 0 spiro atoms. The van der Waals surface area contributed by atoms with Crippen LogP contribution < -0.4 is 11.1 Å². The first kappa shape index (κ1) is 15.7. The molecule has 7 nitrogen and oxygen atoms in total. The topological polar surface area (TPSA) is 89.5 Å². The van der Waals surface area contributed by atoms with Crippen molar-refractivity contribution in [2.24, 2.45) is 0 Å². The van der Waals surface area contributed by atoms with Gasteiger partial charge in [-0.15, -0.1) is 0 Å². The molecule has 0 aliphatic rings. The van der Waals surface area contributed by atoms with Gasteiger partial charge in [0, 0.05) is 38.5 Å². The lowest BCUT2D eigenvalue weighted by Gasteiger charge is -2.29. The molecule has 2 N–H and O–H groups in total. The number of fused-ring (bicyclic) bond motifs is 1. The number of hydrogen-bond acceptors (Lipinski definition) is 6. The summed E-state index contributed by atoms with van der Waals surface area (Å²) in [7, 11) is 1.62. The Morgan fingerprint density at radius 2 is 2.38 bits per heavy atom. The van der Waals surface area contributed by atoms with Crippen LogP contribution in [0.5, 0.6) is 0 Å². The van der Waals surface area contributed by atoms with Crippen LogP contribution in [0.15, 0.2) is 27.5 Å². The molecule has 2 heterocycles. The first-order chi connectivity index (χ1) is 10.1. The summed E-state index contributed by atoms with van der Waals surface area (Å²) in [6.07, 6.45) is 2.20. The number of aromatic nitrogens is 2. The van der Waals surface area contributed by atoms with Crippen molar-refractivity contribution >= 4 is 11.2 Å². The molecule has 0 aliphatic heterocycles. The summed E-state index contributed by atoms with van der Waals surface area (Å²) in [5, 5.41) is 12.4. The van der Waals surface area contributed by atoms with Crippen molar-refractivity contribution in [1.82, 2.24) is 14.9 Å². The van der Waals surface area contributed by atoms with Crippen molar-refractivity contribution < 1.29 is 14.3 Å². The second-order valence-corrected chi connectivity index (χ2v) is 5.24. The third-order valence-corrected chi connectivity index (χ3v) is 3.44. The van der Waals surface area contributed by atoms with Crippen molar-refractivity contribution in [2.45, 2.75) is 25.4 Å². The average Bonchev–Trinajstić information content (AvgIpc) is 2.76. The Balaban J connectivity index is 2.05. The maximum absolute atomic E-state index is 11.8. The van der Waals surface area contributed by atoms with Crippen molar-refractivity contribution in [3.63, 3.8) is 0 Å². The van der Waals surface area contributed by atoms with Gasteiger partial charge in [-0.05, 0) is 25.5 Å². The summed E-state index contributed by atoms with van der Waals surface area (Å²) in [5.74, 6) is -0.416. The van der Waals surface area contributed by atoms with E-state index in [1.807, 2.05) is 6.92 Å². The zero-order valence-corrected chi connectivity index (χ0v) is 12.3. The molecule has 0 aromatic carbocycles. The molecular weight excluding hydrogens is 274 g/mol. The third-order valence-electron chi connectivity index (χ3n) is 3.44. The average molecular weight is 295 g/mol. The highest BCUT2D eigenvalue weighted by Crippen LogP contribution is 2.11. The lowest BCUT2D eigenvalue weighted by Crippen LogP contribution is -2.48. The number of hydrogen-bond donors (Lipinski definition) is 2. The number of methoxy groups -OCH3 is 1. The van der Waals surface area contributed by atoms with Gasteiger partial charge in [0.05, 0.1) is 6.61 Å². The van der Waals surface area contributed by atoms with Crippen molar-refractivity contribution in [3.05, 3.63) is 28.9 Å². The van der Waals surface area contributed by atoms with Gasteiger partial charge in [-0.25, -0.2) is 9.78 Å². The maximum atomic E-state index is 11.8. The predicted octanol–water partition coefficient (Wildman–Crippen LogP) is 0.367. The second kappa shape index (κ2) is 6.84. The van der Waals surface area contributed by atoms with E-state index in [2.05, 4.69) is 10.3 Å². The molecule has 2 aromatic rings. The Morgan fingerprint density at radius 1 is 1.57 bits per heavy atom. The van der Waals surface area contributed by atoms with Gasteiger partial charge in [0.2, 0.25) is 0 Å². The van der Waals surface area contributed by atoms with Crippen molar-refractivity contribution in [3.8, 4) is 0 Å². The van der Waals surface area contributed by atoms with E-state index in [9.17, 15) is 4.79 Å². The molecule has 1 unspecified atom stereocenters. The third kappa shape index (κ3) is 3.69. The molecular formula is C14H21N3O4. The predicted molar refractivity (Wildman–Crippen MR) is 78.3 cm³/mol. The number of oxazole rings is 1. The molecule has 21 heavy (non-hydrogen) atoms. The normalized spacial score (nSPS) is 14.4. The minimum absolute atomic E-state index is 0.0724. The van der Waals surface area contributed by atoms with E-state index in [4.69, 9.17) is 14.3 Å². The van der Waals surface area contributed by atoms with Gasteiger partial charge in [0.25, 0.3) is 0 Å². The van der Waals surface area contributed by atoms with Gasteiger partial charge in [-0.2, -0.15) is 0 Å². The van der Waals surface area contributed by atoms with Crippen LogP contribution in [-0.4, -0.2) is 47.1 Å². The molecule has 2 rings (SSSR count). The van der Waals surface area contributed by atoms with E-state index in [-0.39, 0.29) is 12.1 Å². The van der Waals surface area contributed by atoms with Gasteiger partial charge in [0.15, 0.2) is 11.2 Å². The Hall–Kier alpha value is -1.70. The van der Waals surface area contributed by atoms with E-state index in [0.29, 0.717) is 37.3 Å². The summed E-state index contributed by atoms with van der Waals surface area (Å²) >= 11 is 0. The van der Waals surface area contributed by atoms with Crippen molar-refractivity contribution in [2.75, 3.05) is 26.9 Å². The molecule has 116 valence electrons. The largest absolute Gasteiger partial charge is 0.421 e. The molecule has 0 fully saturated rings. The fraction of sp³-hybridized carbons (Fsp3) is 0.571. The highest BCUT2D eigenvalue weighted by Gasteiger charge is 2.23. The number of nitrogens with zero attached hydrogens (tertiary/aromatic N) is 2. The SMILES string of the molecule is COCC(C)(CCO)NCCn1c(=O)oc2cccnc21. The summed E-state index contributed by atoms with van der Waals surface area (Å²) in [6.45, 7) is 3.51.